The van der Waals surface area contributed by atoms with Crippen molar-refractivity contribution in [2.24, 2.45) is 0 Å². The molecule has 0 amide bonds. The van der Waals surface area contributed by atoms with Crippen LogP contribution in [0.3, 0.4) is 0 Å². The van der Waals surface area contributed by atoms with Gasteiger partial charge in [0.1, 0.15) is 5.75 Å². The van der Waals surface area contributed by atoms with Crippen LogP contribution in [-0.2, 0) is 6.42 Å². The summed E-state index contributed by atoms with van der Waals surface area (Å²) >= 11 is 5.96. The Morgan fingerprint density at radius 2 is 2.00 bits per heavy atom. The summed E-state index contributed by atoms with van der Waals surface area (Å²) in [6.45, 7) is 0. The van der Waals surface area contributed by atoms with Crippen LogP contribution in [0.2, 0.25) is 5.02 Å². The van der Waals surface area contributed by atoms with E-state index in [9.17, 15) is 5.26 Å². The second kappa shape index (κ2) is 6.26. The van der Waals surface area contributed by atoms with Crippen molar-refractivity contribution in [2.75, 3.05) is 7.11 Å². The first kappa shape index (κ1) is 13.5. The minimum atomic E-state index is -0.200. The molecule has 0 heterocycles. The van der Waals surface area contributed by atoms with Gasteiger partial charge in [-0.25, -0.2) is 0 Å². The standard InChI is InChI=1S/C16H14ClNO/c1-19-16-7-3-5-13(10-16)14(11-18)8-12-4-2-6-15(17)9-12/h2-7,9-10,14H,8H2,1H3. The first-order valence-electron chi connectivity index (χ1n) is 6.01. The topological polar surface area (TPSA) is 33.0 Å². The summed E-state index contributed by atoms with van der Waals surface area (Å²) in [5.41, 5.74) is 2.02. The van der Waals surface area contributed by atoms with Crippen LogP contribution >= 0.6 is 11.6 Å². The minimum Gasteiger partial charge on any atom is -0.497 e. The molecule has 96 valence electrons. The molecular formula is C16H14ClNO. The number of methoxy groups -OCH3 is 1. The van der Waals surface area contributed by atoms with Gasteiger partial charge < -0.3 is 4.74 Å². The van der Waals surface area contributed by atoms with Crippen molar-refractivity contribution in [1.82, 2.24) is 0 Å². The van der Waals surface area contributed by atoms with E-state index in [1.165, 1.54) is 0 Å². The van der Waals surface area contributed by atoms with Crippen LogP contribution in [-0.4, -0.2) is 7.11 Å². The van der Waals surface area contributed by atoms with E-state index in [4.69, 9.17) is 16.3 Å². The van der Waals surface area contributed by atoms with Crippen molar-refractivity contribution in [2.45, 2.75) is 12.3 Å². The number of ether oxygens (including phenoxy) is 1. The van der Waals surface area contributed by atoms with Gasteiger partial charge in [0.25, 0.3) is 0 Å². The van der Waals surface area contributed by atoms with Crippen LogP contribution in [0.5, 0.6) is 5.75 Å². The molecule has 19 heavy (non-hydrogen) atoms. The summed E-state index contributed by atoms with van der Waals surface area (Å²) in [4.78, 5) is 0. The fraction of sp³-hybridized carbons (Fsp3) is 0.188. The Kier molecular flexibility index (Phi) is 4.43. The number of hydrogen-bond donors (Lipinski definition) is 0. The van der Waals surface area contributed by atoms with Crippen LogP contribution in [0, 0.1) is 11.3 Å². The molecule has 2 aromatic rings. The molecule has 0 saturated heterocycles. The predicted molar refractivity (Wildman–Crippen MR) is 76.5 cm³/mol. The van der Waals surface area contributed by atoms with Gasteiger partial charge in [-0.15, -0.1) is 0 Å². The molecule has 1 atom stereocenters. The molecule has 0 saturated carbocycles. The van der Waals surface area contributed by atoms with E-state index in [1.54, 1.807) is 7.11 Å². The number of benzene rings is 2. The molecule has 0 bridgehead atoms. The van der Waals surface area contributed by atoms with E-state index in [2.05, 4.69) is 6.07 Å². The normalized spacial score (nSPS) is 11.6. The number of hydrogen-bond acceptors (Lipinski definition) is 2. The highest BCUT2D eigenvalue weighted by atomic mass is 35.5. The summed E-state index contributed by atoms with van der Waals surface area (Å²) in [5.74, 6) is 0.567. The van der Waals surface area contributed by atoms with E-state index in [1.807, 2.05) is 48.5 Å². The van der Waals surface area contributed by atoms with Crippen LogP contribution in [0.1, 0.15) is 17.0 Å². The lowest BCUT2D eigenvalue weighted by Crippen LogP contribution is -2.01. The summed E-state index contributed by atoms with van der Waals surface area (Å²) in [5, 5.41) is 10.0. The average Bonchev–Trinajstić information content (AvgIpc) is 2.45. The Labute approximate surface area is 118 Å². The Morgan fingerprint density at radius 3 is 2.68 bits per heavy atom. The second-order valence-electron chi connectivity index (χ2n) is 4.29. The summed E-state index contributed by atoms with van der Waals surface area (Å²) in [7, 11) is 1.62. The summed E-state index contributed by atoms with van der Waals surface area (Å²) in [6.07, 6.45) is 0.643. The van der Waals surface area contributed by atoms with Gasteiger partial charge in [-0.1, -0.05) is 35.9 Å². The van der Waals surface area contributed by atoms with Crippen LogP contribution < -0.4 is 4.74 Å². The summed E-state index contributed by atoms with van der Waals surface area (Å²) in [6, 6.07) is 17.6. The highest BCUT2D eigenvalue weighted by Crippen LogP contribution is 2.24. The monoisotopic (exact) mass is 271 g/mol. The van der Waals surface area contributed by atoms with Gasteiger partial charge in [0.15, 0.2) is 0 Å². The Balaban J connectivity index is 2.23. The second-order valence-corrected chi connectivity index (χ2v) is 4.73. The molecule has 0 fully saturated rings. The van der Waals surface area contributed by atoms with Gasteiger partial charge in [0.2, 0.25) is 0 Å². The minimum absolute atomic E-state index is 0.200. The van der Waals surface area contributed by atoms with E-state index < -0.39 is 0 Å². The van der Waals surface area contributed by atoms with Crippen LogP contribution in [0.25, 0.3) is 0 Å². The third kappa shape index (κ3) is 3.49. The zero-order valence-corrected chi connectivity index (χ0v) is 11.4. The van der Waals surface area contributed by atoms with Crippen molar-refractivity contribution >= 4 is 11.6 Å². The van der Waals surface area contributed by atoms with Gasteiger partial charge in [-0.2, -0.15) is 5.26 Å². The van der Waals surface area contributed by atoms with Crippen molar-refractivity contribution in [1.29, 1.82) is 5.26 Å². The number of halogens is 1. The van der Waals surface area contributed by atoms with Gasteiger partial charge >= 0.3 is 0 Å². The Hall–Kier alpha value is -1.98. The average molecular weight is 272 g/mol. The molecule has 2 rings (SSSR count). The number of rotatable bonds is 4. The smallest absolute Gasteiger partial charge is 0.119 e. The Bertz CT molecular complexity index is 604. The lowest BCUT2D eigenvalue weighted by atomic mass is 9.93. The van der Waals surface area contributed by atoms with Crippen molar-refractivity contribution in [3.63, 3.8) is 0 Å². The van der Waals surface area contributed by atoms with Gasteiger partial charge in [-0.05, 0) is 41.8 Å². The summed E-state index contributed by atoms with van der Waals surface area (Å²) < 4.78 is 5.19. The molecule has 0 radical (unpaired) electrons. The molecule has 3 heteroatoms. The maximum Gasteiger partial charge on any atom is 0.119 e. The quantitative estimate of drug-likeness (QED) is 0.835. The Morgan fingerprint density at radius 1 is 1.21 bits per heavy atom. The first-order valence-corrected chi connectivity index (χ1v) is 6.38. The lowest BCUT2D eigenvalue weighted by Gasteiger charge is -2.11. The predicted octanol–water partition coefficient (Wildman–Crippen LogP) is 4.20. The maximum absolute atomic E-state index is 9.35. The fourth-order valence-corrected chi connectivity index (χ4v) is 2.21. The molecule has 0 aromatic heterocycles. The maximum atomic E-state index is 9.35. The van der Waals surface area contributed by atoms with Gasteiger partial charge in [-0.3, -0.25) is 0 Å². The highest BCUT2D eigenvalue weighted by Gasteiger charge is 2.12. The molecule has 0 N–H and O–H groups in total. The zero-order valence-electron chi connectivity index (χ0n) is 10.6. The van der Waals surface area contributed by atoms with E-state index in [0.717, 1.165) is 16.9 Å². The molecule has 2 nitrogen and oxygen atoms in total. The molecule has 0 aliphatic carbocycles. The third-order valence-corrected chi connectivity index (χ3v) is 3.22. The molecule has 2 aromatic carbocycles. The lowest BCUT2D eigenvalue weighted by molar-refractivity contribution is 0.414. The molecule has 1 unspecified atom stereocenters. The zero-order chi connectivity index (χ0) is 13.7. The van der Waals surface area contributed by atoms with E-state index in [-0.39, 0.29) is 5.92 Å². The van der Waals surface area contributed by atoms with E-state index >= 15 is 0 Å². The largest absolute Gasteiger partial charge is 0.497 e. The number of nitriles is 1. The first-order chi connectivity index (χ1) is 9.22. The SMILES string of the molecule is COc1cccc(C(C#N)Cc2cccc(Cl)c2)c1. The van der Waals surface area contributed by atoms with Crippen LogP contribution in [0.4, 0.5) is 0 Å². The highest BCUT2D eigenvalue weighted by molar-refractivity contribution is 6.30. The molecule has 0 spiro atoms. The molecule has 0 aliphatic heterocycles. The van der Waals surface area contributed by atoms with Crippen LogP contribution in [0.15, 0.2) is 48.5 Å². The molecular weight excluding hydrogens is 258 g/mol. The molecule has 0 aliphatic rings. The number of nitrogens with zero attached hydrogens (tertiary/aromatic N) is 1. The van der Waals surface area contributed by atoms with Crippen molar-refractivity contribution in [3.05, 3.63) is 64.7 Å². The van der Waals surface area contributed by atoms with Crippen molar-refractivity contribution in [3.8, 4) is 11.8 Å². The third-order valence-electron chi connectivity index (χ3n) is 2.98. The fourth-order valence-electron chi connectivity index (χ4n) is 2.00. The van der Waals surface area contributed by atoms with Gasteiger partial charge in [0, 0.05) is 5.02 Å². The van der Waals surface area contributed by atoms with Gasteiger partial charge in [0.05, 0.1) is 19.1 Å². The van der Waals surface area contributed by atoms with E-state index in [0.29, 0.717) is 11.4 Å². The van der Waals surface area contributed by atoms with Crippen molar-refractivity contribution < 1.29 is 4.74 Å².